The zero-order valence-corrected chi connectivity index (χ0v) is 9.29. The molecule has 1 unspecified atom stereocenters. The van der Waals surface area contributed by atoms with Crippen LogP contribution in [0.2, 0.25) is 0 Å². The molecule has 0 radical (unpaired) electrons. The van der Waals surface area contributed by atoms with E-state index in [4.69, 9.17) is 10.5 Å². The number of nitrogen functional groups attached to an aromatic ring is 1. The molecule has 0 amide bonds. The Bertz CT molecular complexity index is 341. The first-order valence-corrected chi connectivity index (χ1v) is 5.29. The summed E-state index contributed by atoms with van der Waals surface area (Å²) in [6.45, 7) is 4.55. The first-order valence-electron chi connectivity index (χ1n) is 5.29. The molecule has 1 atom stereocenters. The summed E-state index contributed by atoms with van der Waals surface area (Å²) in [6.07, 6.45) is 1.13. The maximum atomic E-state index is 5.91. The van der Waals surface area contributed by atoms with Gasteiger partial charge in [0.25, 0.3) is 0 Å². The molecular formula is C10H18N4O. The topological polar surface area (TPSA) is 65.1 Å². The van der Waals surface area contributed by atoms with Crippen molar-refractivity contribution >= 4 is 11.5 Å². The predicted octanol–water partition coefficient (Wildman–Crippen LogP) is 0.759. The number of hydrogen-bond acceptors (Lipinski definition) is 4. The van der Waals surface area contributed by atoms with E-state index in [9.17, 15) is 0 Å². The van der Waals surface area contributed by atoms with Gasteiger partial charge in [-0.1, -0.05) is 0 Å². The first-order chi connectivity index (χ1) is 7.18. The van der Waals surface area contributed by atoms with E-state index in [1.807, 2.05) is 14.0 Å². The van der Waals surface area contributed by atoms with Gasteiger partial charge in [0, 0.05) is 26.1 Å². The van der Waals surface area contributed by atoms with E-state index in [-0.39, 0.29) is 0 Å². The van der Waals surface area contributed by atoms with Gasteiger partial charge in [-0.2, -0.15) is 5.10 Å². The highest BCUT2D eigenvalue weighted by Gasteiger charge is 2.17. The zero-order valence-electron chi connectivity index (χ0n) is 9.29. The Morgan fingerprint density at radius 1 is 1.67 bits per heavy atom. The molecule has 0 spiro atoms. The molecule has 1 aliphatic heterocycles. The standard InChI is InChI=1S/C10H18N4O/c1-7-9(11)10(14(2)13-7)12-5-8-3-4-15-6-8/h8,12H,3-6,11H2,1-2H3. The number of anilines is 2. The number of aromatic nitrogens is 2. The normalized spacial score (nSPS) is 20.8. The lowest BCUT2D eigenvalue weighted by Crippen LogP contribution is -2.16. The number of ether oxygens (including phenoxy) is 1. The van der Waals surface area contributed by atoms with E-state index in [0.717, 1.165) is 43.4 Å². The summed E-state index contributed by atoms with van der Waals surface area (Å²) < 4.78 is 7.11. The highest BCUT2D eigenvalue weighted by Crippen LogP contribution is 2.22. The van der Waals surface area contributed by atoms with Crippen molar-refractivity contribution < 1.29 is 4.74 Å². The molecule has 1 saturated heterocycles. The monoisotopic (exact) mass is 210 g/mol. The summed E-state index contributed by atoms with van der Waals surface area (Å²) in [5, 5.41) is 7.59. The molecule has 1 aromatic heterocycles. The van der Waals surface area contributed by atoms with Gasteiger partial charge in [-0.25, -0.2) is 0 Å². The van der Waals surface area contributed by atoms with Crippen LogP contribution in [0, 0.1) is 12.8 Å². The smallest absolute Gasteiger partial charge is 0.147 e. The van der Waals surface area contributed by atoms with Gasteiger partial charge in [0.1, 0.15) is 5.82 Å². The average molecular weight is 210 g/mol. The minimum absolute atomic E-state index is 0.597. The number of nitrogens with one attached hydrogen (secondary N) is 1. The maximum absolute atomic E-state index is 5.91. The zero-order chi connectivity index (χ0) is 10.8. The molecule has 2 rings (SSSR count). The summed E-state index contributed by atoms with van der Waals surface area (Å²) in [5.74, 6) is 1.51. The largest absolute Gasteiger partial charge is 0.394 e. The third kappa shape index (κ3) is 2.07. The number of aryl methyl sites for hydroxylation is 2. The van der Waals surface area contributed by atoms with E-state index >= 15 is 0 Å². The lowest BCUT2D eigenvalue weighted by atomic mass is 10.1. The fourth-order valence-corrected chi connectivity index (χ4v) is 1.87. The number of nitrogens with zero attached hydrogens (tertiary/aromatic N) is 2. The summed E-state index contributed by atoms with van der Waals surface area (Å²) in [7, 11) is 1.90. The van der Waals surface area contributed by atoms with Crippen LogP contribution in [0.15, 0.2) is 0 Å². The van der Waals surface area contributed by atoms with Gasteiger partial charge < -0.3 is 15.8 Å². The summed E-state index contributed by atoms with van der Waals surface area (Å²) >= 11 is 0. The van der Waals surface area contributed by atoms with Crippen LogP contribution in [-0.2, 0) is 11.8 Å². The van der Waals surface area contributed by atoms with Gasteiger partial charge in [0.2, 0.25) is 0 Å². The number of nitrogens with two attached hydrogens (primary N) is 1. The fraction of sp³-hybridized carbons (Fsp3) is 0.700. The molecule has 0 aliphatic carbocycles. The van der Waals surface area contributed by atoms with Gasteiger partial charge in [-0.15, -0.1) is 0 Å². The van der Waals surface area contributed by atoms with Crippen LogP contribution in [0.1, 0.15) is 12.1 Å². The van der Waals surface area contributed by atoms with E-state index < -0.39 is 0 Å². The van der Waals surface area contributed by atoms with Crippen LogP contribution < -0.4 is 11.1 Å². The summed E-state index contributed by atoms with van der Waals surface area (Å²) in [5.41, 5.74) is 7.54. The Morgan fingerprint density at radius 2 is 2.47 bits per heavy atom. The van der Waals surface area contributed by atoms with Crippen molar-refractivity contribution in [1.29, 1.82) is 0 Å². The lowest BCUT2D eigenvalue weighted by Gasteiger charge is -2.11. The number of hydrogen-bond donors (Lipinski definition) is 2. The molecule has 3 N–H and O–H groups in total. The van der Waals surface area contributed by atoms with Crippen LogP contribution in [-0.4, -0.2) is 29.5 Å². The molecule has 15 heavy (non-hydrogen) atoms. The molecule has 84 valence electrons. The minimum atomic E-state index is 0.597. The Balaban J connectivity index is 1.97. The third-order valence-corrected chi connectivity index (χ3v) is 2.85. The average Bonchev–Trinajstić information content (AvgIpc) is 2.76. The lowest BCUT2D eigenvalue weighted by molar-refractivity contribution is 0.187. The van der Waals surface area contributed by atoms with Crippen molar-refractivity contribution in [1.82, 2.24) is 9.78 Å². The Hall–Kier alpha value is -1.23. The Morgan fingerprint density at radius 3 is 3.00 bits per heavy atom. The van der Waals surface area contributed by atoms with Gasteiger partial charge >= 0.3 is 0 Å². The van der Waals surface area contributed by atoms with Crippen molar-refractivity contribution in [2.45, 2.75) is 13.3 Å². The van der Waals surface area contributed by atoms with Crippen LogP contribution in [0.5, 0.6) is 0 Å². The minimum Gasteiger partial charge on any atom is -0.394 e. The second-order valence-electron chi connectivity index (χ2n) is 4.08. The first kappa shape index (κ1) is 10.3. The van der Waals surface area contributed by atoms with Crippen molar-refractivity contribution in [3.8, 4) is 0 Å². The van der Waals surface area contributed by atoms with Gasteiger partial charge in [-0.3, -0.25) is 4.68 Å². The van der Waals surface area contributed by atoms with E-state index in [0.29, 0.717) is 5.92 Å². The van der Waals surface area contributed by atoms with E-state index in [1.54, 1.807) is 4.68 Å². The SMILES string of the molecule is Cc1nn(C)c(NCC2CCOC2)c1N. The van der Waals surface area contributed by atoms with Crippen LogP contribution in [0.3, 0.4) is 0 Å². The predicted molar refractivity (Wildman–Crippen MR) is 59.8 cm³/mol. The molecule has 1 aromatic rings. The second kappa shape index (κ2) is 4.10. The molecule has 0 saturated carbocycles. The molecule has 0 bridgehead atoms. The molecule has 5 nitrogen and oxygen atoms in total. The van der Waals surface area contributed by atoms with Crippen molar-refractivity contribution in [2.75, 3.05) is 30.8 Å². The van der Waals surface area contributed by atoms with Crippen LogP contribution in [0.4, 0.5) is 11.5 Å². The second-order valence-corrected chi connectivity index (χ2v) is 4.08. The van der Waals surface area contributed by atoms with E-state index in [2.05, 4.69) is 10.4 Å². The Kier molecular flexibility index (Phi) is 2.81. The summed E-state index contributed by atoms with van der Waals surface area (Å²) in [6, 6.07) is 0. The number of rotatable bonds is 3. The van der Waals surface area contributed by atoms with Crippen molar-refractivity contribution in [3.63, 3.8) is 0 Å². The summed E-state index contributed by atoms with van der Waals surface area (Å²) in [4.78, 5) is 0. The van der Waals surface area contributed by atoms with Crippen molar-refractivity contribution in [3.05, 3.63) is 5.69 Å². The maximum Gasteiger partial charge on any atom is 0.147 e. The Labute approximate surface area is 89.6 Å². The highest BCUT2D eigenvalue weighted by atomic mass is 16.5. The molecule has 0 aromatic carbocycles. The molecule has 1 aliphatic rings. The van der Waals surface area contributed by atoms with Gasteiger partial charge in [0.15, 0.2) is 0 Å². The van der Waals surface area contributed by atoms with Crippen molar-refractivity contribution in [2.24, 2.45) is 13.0 Å². The molecule has 2 heterocycles. The molecule has 1 fully saturated rings. The quantitative estimate of drug-likeness (QED) is 0.773. The van der Waals surface area contributed by atoms with Crippen LogP contribution in [0.25, 0.3) is 0 Å². The fourth-order valence-electron chi connectivity index (χ4n) is 1.87. The molecular weight excluding hydrogens is 192 g/mol. The van der Waals surface area contributed by atoms with E-state index in [1.165, 1.54) is 0 Å². The van der Waals surface area contributed by atoms with Crippen LogP contribution >= 0.6 is 0 Å². The van der Waals surface area contributed by atoms with Gasteiger partial charge in [0.05, 0.1) is 18.0 Å². The third-order valence-electron chi connectivity index (χ3n) is 2.85. The van der Waals surface area contributed by atoms with Gasteiger partial charge in [-0.05, 0) is 13.3 Å². The highest BCUT2D eigenvalue weighted by molar-refractivity contribution is 5.64. The molecule has 5 heteroatoms.